The highest BCUT2D eigenvalue weighted by atomic mass is 35.5. The number of amides is 2. The van der Waals surface area contributed by atoms with Crippen molar-refractivity contribution < 1.29 is 9.59 Å². The Morgan fingerprint density at radius 1 is 1.19 bits per heavy atom. The van der Waals surface area contributed by atoms with Gasteiger partial charge >= 0.3 is 0 Å². The summed E-state index contributed by atoms with van der Waals surface area (Å²) in [6.07, 6.45) is 3.35. The maximum Gasteiger partial charge on any atom is 0.234 e. The van der Waals surface area contributed by atoms with E-state index >= 15 is 0 Å². The molecule has 0 aromatic heterocycles. The molecule has 1 heterocycles. The molecule has 2 aromatic carbocycles. The molecule has 0 aliphatic carbocycles. The first-order chi connectivity index (χ1) is 13.1. The first-order valence-electron chi connectivity index (χ1n) is 9.68. The van der Waals surface area contributed by atoms with Crippen LogP contribution in [0.25, 0.3) is 10.8 Å². The fourth-order valence-corrected chi connectivity index (χ4v) is 4.13. The SMILES string of the molecule is CC1CCCN(C(=O)Cc2ccc3ccccc3c2)C1CCNC(=O)CCl. The van der Waals surface area contributed by atoms with Gasteiger partial charge in [-0.15, -0.1) is 11.6 Å². The average molecular weight is 387 g/mol. The van der Waals surface area contributed by atoms with Crippen molar-refractivity contribution in [1.29, 1.82) is 0 Å². The van der Waals surface area contributed by atoms with E-state index in [1.54, 1.807) is 0 Å². The van der Waals surface area contributed by atoms with Gasteiger partial charge in [-0.3, -0.25) is 9.59 Å². The van der Waals surface area contributed by atoms with E-state index in [-0.39, 0.29) is 23.7 Å². The van der Waals surface area contributed by atoms with Crippen molar-refractivity contribution in [1.82, 2.24) is 10.2 Å². The third kappa shape index (κ3) is 5.01. The summed E-state index contributed by atoms with van der Waals surface area (Å²) in [6, 6.07) is 14.6. The molecule has 1 aliphatic rings. The van der Waals surface area contributed by atoms with E-state index in [4.69, 9.17) is 11.6 Å². The second-order valence-corrected chi connectivity index (χ2v) is 7.67. The van der Waals surface area contributed by atoms with E-state index in [1.165, 1.54) is 5.39 Å². The largest absolute Gasteiger partial charge is 0.355 e. The van der Waals surface area contributed by atoms with Gasteiger partial charge in [0.2, 0.25) is 11.8 Å². The topological polar surface area (TPSA) is 49.4 Å². The van der Waals surface area contributed by atoms with E-state index < -0.39 is 0 Å². The molecule has 5 heteroatoms. The average Bonchev–Trinajstić information content (AvgIpc) is 2.68. The molecular formula is C22H27ClN2O2. The summed E-state index contributed by atoms with van der Waals surface area (Å²) in [7, 11) is 0. The minimum Gasteiger partial charge on any atom is -0.355 e. The van der Waals surface area contributed by atoms with Crippen LogP contribution < -0.4 is 5.32 Å². The predicted molar refractivity (Wildman–Crippen MR) is 110 cm³/mol. The van der Waals surface area contributed by atoms with Crippen LogP contribution in [-0.2, 0) is 16.0 Å². The Bertz CT molecular complexity index is 808. The molecule has 144 valence electrons. The number of benzene rings is 2. The smallest absolute Gasteiger partial charge is 0.234 e. The highest BCUT2D eigenvalue weighted by Crippen LogP contribution is 2.26. The fraction of sp³-hybridized carbons (Fsp3) is 0.455. The van der Waals surface area contributed by atoms with Crippen LogP contribution in [0.3, 0.4) is 0 Å². The monoisotopic (exact) mass is 386 g/mol. The van der Waals surface area contributed by atoms with Crippen LogP contribution in [0, 0.1) is 5.92 Å². The second kappa shape index (κ2) is 9.23. The van der Waals surface area contributed by atoms with Gasteiger partial charge in [0.05, 0.1) is 6.42 Å². The number of likely N-dealkylation sites (tertiary alicyclic amines) is 1. The summed E-state index contributed by atoms with van der Waals surface area (Å²) in [5, 5.41) is 5.17. The first kappa shape index (κ1) is 19.7. The molecule has 0 saturated carbocycles. The number of carbonyl (C=O) groups excluding carboxylic acids is 2. The van der Waals surface area contributed by atoms with Crippen molar-refractivity contribution in [3.05, 3.63) is 48.0 Å². The number of nitrogens with one attached hydrogen (secondary N) is 1. The Hall–Kier alpha value is -2.07. The van der Waals surface area contributed by atoms with Crippen LogP contribution >= 0.6 is 11.6 Å². The molecule has 0 spiro atoms. The highest BCUT2D eigenvalue weighted by molar-refractivity contribution is 6.27. The van der Waals surface area contributed by atoms with Crippen molar-refractivity contribution in [2.75, 3.05) is 19.0 Å². The van der Waals surface area contributed by atoms with Crippen LogP contribution in [0.5, 0.6) is 0 Å². The fourth-order valence-electron chi connectivity index (χ4n) is 4.03. The number of carbonyl (C=O) groups is 2. The quantitative estimate of drug-likeness (QED) is 0.768. The number of hydrogen-bond donors (Lipinski definition) is 1. The molecule has 1 aliphatic heterocycles. The van der Waals surface area contributed by atoms with Gasteiger partial charge in [0.15, 0.2) is 0 Å². The van der Waals surface area contributed by atoms with Gasteiger partial charge in [0, 0.05) is 19.1 Å². The van der Waals surface area contributed by atoms with Crippen molar-refractivity contribution in [3.8, 4) is 0 Å². The molecule has 3 rings (SSSR count). The summed E-state index contributed by atoms with van der Waals surface area (Å²) < 4.78 is 0. The third-order valence-electron chi connectivity index (χ3n) is 5.49. The van der Waals surface area contributed by atoms with Crippen molar-refractivity contribution >= 4 is 34.2 Å². The predicted octanol–water partition coefficient (Wildman–Crippen LogP) is 3.75. The van der Waals surface area contributed by atoms with Gasteiger partial charge in [-0.1, -0.05) is 49.4 Å². The van der Waals surface area contributed by atoms with E-state index in [0.29, 0.717) is 18.9 Å². The number of alkyl halides is 1. The molecule has 4 nitrogen and oxygen atoms in total. The lowest BCUT2D eigenvalue weighted by atomic mass is 9.88. The molecule has 1 fully saturated rings. The van der Waals surface area contributed by atoms with E-state index in [0.717, 1.165) is 36.8 Å². The van der Waals surface area contributed by atoms with Crippen LogP contribution in [0.4, 0.5) is 0 Å². The standard InChI is InChI=1S/C22H27ClN2O2/c1-16-5-4-12-25(20(16)10-11-24-21(26)15-23)22(27)14-17-8-9-18-6-2-3-7-19(18)13-17/h2-3,6-9,13,16,20H,4-5,10-12,14-15H2,1H3,(H,24,26). The van der Waals surface area contributed by atoms with Crippen molar-refractivity contribution in [3.63, 3.8) is 0 Å². The Morgan fingerprint density at radius 2 is 1.96 bits per heavy atom. The minimum absolute atomic E-state index is 0.0230. The van der Waals surface area contributed by atoms with Crippen molar-refractivity contribution in [2.45, 2.75) is 38.6 Å². The van der Waals surface area contributed by atoms with Crippen LogP contribution in [0.15, 0.2) is 42.5 Å². The molecule has 0 bridgehead atoms. The summed E-state index contributed by atoms with van der Waals surface area (Å²) in [5.41, 5.74) is 1.05. The number of halogens is 1. The van der Waals surface area contributed by atoms with E-state index in [1.807, 2.05) is 23.1 Å². The normalized spacial score (nSPS) is 19.9. The van der Waals surface area contributed by atoms with Crippen molar-refractivity contribution in [2.24, 2.45) is 5.92 Å². The molecule has 0 radical (unpaired) electrons. The van der Waals surface area contributed by atoms with Gasteiger partial charge < -0.3 is 10.2 Å². The molecule has 2 atom stereocenters. The minimum atomic E-state index is -0.158. The van der Waals surface area contributed by atoms with Gasteiger partial charge in [-0.2, -0.15) is 0 Å². The Kier molecular flexibility index (Phi) is 6.73. The molecule has 2 amide bonds. The Morgan fingerprint density at radius 3 is 2.74 bits per heavy atom. The van der Waals surface area contributed by atoms with Gasteiger partial charge in [0.25, 0.3) is 0 Å². The molecule has 1 N–H and O–H groups in total. The van der Waals surface area contributed by atoms with Gasteiger partial charge in [0.1, 0.15) is 5.88 Å². The zero-order valence-electron chi connectivity index (χ0n) is 15.8. The van der Waals surface area contributed by atoms with Crippen LogP contribution in [-0.4, -0.2) is 41.7 Å². The number of piperidine rings is 1. The zero-order valence-corrected chi connectivity index (χ0v) is 16.5. The summed E-state index contributed by atoms with van der Waals surface area (Å²) in [5.74, 6) is 0.428. The van der Waals surface area contributed by atoms with Crippen LogP contribution in [0.2, 0.25) is 0 Å². The molecular weight excluding hydrogens is 360 g/mol. The zero-order chi connectivity index (χ0) is 19.2. The van der Waals surface area contributed by atoms with Crippen LogP contribution in [0.1, 0.15) is 31.7 Å². The number of nitrogens with zero attached hydrogens (tertiary/aromatic N) is 1. The number of fused-ring (bicyclic) bond motifs is 1. The molecule has 27 heavy (non-hydrogen) atoms. The summed E-state index contributed by atoms with van der Waals surface area (Å²) >= 11 is 5.54. The Balaban J connectivity index is 1.67. The van der Waals surface area contributed by atoms with Gasteiger partial charge in [-0.05, 0) is 41.5 Å². The molecule has 1 saturated heterocycles. The summed E-state index contributed by atoms with van der Waals surface area (Å²) in [4.78, 5) is 26.4. The van der Waals surface area contributed by atoms with Gasteiger partial charge in [-0.25, -0.2) is 0 Å². The van der Waals surface area contributed by atoms with E-state index in [2.05, 4.69) is 36.5 Å². The lowest BCUT2D eigenvalue weighted by Crippen LogP contribution is -2.49. The third-order valence-corrected chi connectivity index (χ3v) is 5.73. The molecule has 2 unspecified atom stereocenters. The number of rotatable bonds is 6. The lowest BCUT2D eigenvalue weighted by Gasteiger charge is -2.40. The first-order valence-corrected chi connectivity index (χ1v) is 10.2. The summed E-state index contributed by atoms with van der Waals surface area (Å²) in [6.45, 7) is 3.55. The van der Waals surface area contributed by atoms with E-state index in [9.17, 15) is 9.59 Å². The maximum atomic E-state index is 13.0. The second-order valence-electron chi connectivity index (χ2n) is 7.40. The Labute approximate surface area is 165 Å². The maximum absolute atomic E-state index is 13.0. The number of hydrogen-bond acceptors (Lipinski definition) is 2. The highest BCUT2D eigenvalue weighted by Gasteiger charge is 2.31. The lowest BCUT2D eigenvalue weighted by molar-refractivity contribution is -0.135. The molecule has 2 aromatic rings.